The average molecular weight is 241 g/mol. The van der Waals surface area contributed by atoms with Crippen molar-refractivity contribution in [2.75, 3.05) is 0 Å². The summed E-state index contributed by atoms with van der Waals surface area (Å²) < 4.78 is 0. The second kappa shape index (κ2) is 22.5. The van der Waals surface area contributed by atoms with Gasteiger partial charge in [0.15, 0.2) is 0 Å². The third-order valence-corrected chi connectivity index (χ3v) is 0. The molecule has 0 radical (unpaired) electrons. The van der Waals surface area contributed by atoms with Gasteiger partial charge in [0.2, 0.25) is 0 Å². The Morgan fingerprint density at radius 2 is 0.727 bits per heavy atom. The number of hydrogen-bond acceptors (Lipinski definition) is 2. The summed E-state index contributed by atoms with van der Waals surface area (Å²) in [7, 11) is 0. The predicted octanol–water partition coefficient (Wildman–Crippen LogP) is 1.62. The molecule has 5 heteroatoms. The van der Waals surface area contributed by atoms with Crippen LogP contribution in [0.25, 0.3) is 0 Å². The summed E-state index contributed by atoms with van der Waals surface area (Å²) in [4.78, 5) is 0. The molecule has 0 amide bonds. The third kappa shape index (κ3) is 646. The molecule has 0 saturated carbocycles. The van der Waals surface area contributed by atoms with Crippen molar-refractivity contribution in [2.24, 2.45) is 0 Å². The molecule has 0 aliphatic heterocycles. The molecule has 0 aromatic heterocycles. The SMILES string of the molecule is CC(C)O.CC(C)O.Cl.Cl.[Ti]. The summed E-state index contributed by atoms with van der Waals surface area (Å²) in [5, 5.41) is 16.1. The molecule has 0 rings (SSSR count). The molecule has 2 N–H and O–H groups in total. The molecular formula is C6H18Cl2O2Ti. The Kier molecular flexibility index (Phi) is 60.3. The van der Waals surface area contributed by atoms with Crippen LogP contribution in [0, 0.1) is 0 Å². The number of halogens is 2. The van der Waals surface area contributed by atoms with Gasteiger partial charge in [-0.1, -0.05) is 0 Å². The van der Waals surface area contributed by atoms with Crippen molar-refractivity contribution >= 4 is 24.8 Å². The van der Waals surface area contributed by atoms with Crippen molar-refractivity contribution in [1.29, 1.82) is 0 Å². The van der Waals surface area contributed by atoms with Gasteiger partial charge in [-0.05, 0) is 27.7 Å². The molecule has 72 valence electrons. The summed E-state index contributed by atoms with van der Waals surface area (Å²) >= 11 is 0. The van der Waals surface area contributed by atoms with Crippen molar-refractivity contribution < 1.29 is 31.9 Å². The topological polar surface area (TPSA) is 40.5 Å². The van der Waals surface area contributed by atoms with Gasteiger partial charge in [-0.3, -0.25) is 0 Å². The van der Waals surface area contributed by atoms with Crippen molar-refractivity contribution in [2.45, 2.75) is 39.9 Å². The quantitative estimate of drug-likeness (QED) is 0.632. The standard InChI is InChI=1S/2C3H8O.2ClH.Ti/c2*1-3(2)4;;;/h2*3-4H,1-2H3;2*1H;. The van der Waals surface area contributed by atoms with E-state index in [1.165, 1.54) is 0 Å². The normalized spacial score (nSPS) is 6.55. The van der Waals surface area contributed by atoms with Gasteiger partial charge in [0.25, 0.3) is 0 Å². The maximum atomic E-state index is 8.06. The maximum Gasteiger partial charge on any atom is 0.0483 e. The van der Waals surface area contributed by atoms with Crippen LogP contribution in [0.1, 0.15) is 27.7 Å². The van der Waals surface area contributed by atoms with E-state index >= 15 is 0 Å². The largest absolute Gasteiger partial charge is 0.394 e. The van der Waals surface area contributed by atoms with E-state index in [4.69, 9.17) is 10.2 Å². The van der Waals surface area contributed by atoms with Crippen molar-refractivity contribution in [3.05, 3.63) is 0 Å². The van der Waals surface area contributed by atoms with Gasteiger partial charge < -0.3 is 10.2 Å². The van der Waals surface area contributed by atoms with Crippen molar-refractivity contribution in [1.82, 2.24) is 0 Å². The molecule has 0 unspecified atom stereocenters. The van der Waals surface area contributed by atoms with Gasteiger partial charge >= 0.3 is 0 Å². The second-order valence-electron chi connectivity index (χ2n) is 2.19. The number of aliphatic hydroxyl groups is 2. The van der Waals surface area contributed by atoms with Crippen molar-refractivity contribution in [3.8, 4) is 0 Å². The van der Waals surface area contributed by atoms with E-state index in [1.54, 1.807) is 27.7 Å². The molecule has 2 nitrogen and oxygen atoms in total. The van der Waals surface area contributed by atoms with Crippen LogP contribution in [0.2, 0.25) is 0 Å². The molecule has 0 saturated heterocycles. The van der Waals surface area contributed by atoms with Crippen LogP contribution >= 0.6 is 24.8 Å². The number of rotatable bonds is 0. The zero-order valence-electron chi connectivity index (χ0n) is 7.37. The molecule has 0 aromatic carbocycles. The van der Waals surface area contributed by atoms with Crippen molar-refractivity contribution in [3.63, 3.8) is 0 Å². The summed E-state index contributed by atoms with van der Waals surface area (Å²) in [6.07, 6.45) is -0.333. The molecule has 0 spiro atoms. The van der Waals surface area contributed by atoms with E-state index in [-0.39, 0.29) is 58.7 Å². The Morgan fingerprint density at radius 3 is 0.727 bits per heavy atom. The minimum absolute atomic E-state index is 0. The molecule has 0 aliphatic carbocycles. The minimum atomic E-state index is -0.167. The second-order valence-corrected chi connectivity index (χ2v) is 2.19. The fourth-order valence-electron chi connectivity index (χ4n) is 0. The first-order valence-electron chi connectivity index (χ1n) is 2.83. The number of hydrogen-bond donors (Lipinski definition) is 2. The fourth-order valence-corrected chi connectivity index (χ4v) is 0. The van der Waals surface area contributed by atoms with Gasteiger partial charge in [-0.25, -0.2) is 0 Å². The van der Waals surface area contributed by atoms with Gasteiger partial charge in [-0.2, -0.15) is 0 Å². The summed E-state index contributed by atoms with van der Waals surface area (Å²) in [6, 6.07) is 0. The van der Waals surface area contributed by atoms with E-state index in [9.17, 15) is 0 Å². The third-order valence-electron chi connectivity index (χ3n) is 0. The molecular weight excluding hydrogens is 223 g/mol. The van der Waals surface area contributed by atoms with Gasteiger partial charge in [-0.15, -0.1) is 24.8 Å². The van der Waals surface area contributed by atoms with Crippen LogP contribution < -0.4 is 0 Å². The maximum absolute atomic E-state index is 8.06. The first-order valence-corrected chi connectivity index (χ1v) is 2.83. The molecule has 11 heavy (non-hydrogen) atoms. The van der Waals surface area contributed by atoms with Gasteiger partial charge in [0, 0.05) is 33.9 Å². The Morgan fingerprint density at radius 1 is 0.727 bits per heavy atom. The van der Waals surface area contributed by atoms with Crippen LogP contribution in [0.4, 0.5) is 0 Å². The first-order chi connectivity index (χ1) is 3.46. The Hall–Kier alpha value is 1.21. The van der Waals surface area contributed by atoms with Gasteiger partial charge in [0.1, 0.15) is 0 Å². The number of aliphatic hydroxyl groups excluding tert-OH is 2. The van der Waals surface area contributed by atoms with Crippen LogP contribution in [-0.2, 0) is 21.7 Å². The Bertz CT molecular complexity index is 34.1. The molecule has 0 atom stereocenters. The Labute approximate surface area is 96.5 Å². The first kappa shape index (κ1) is 29.5. The zero-order valence-corrected chi connectivity index (χ0v) is 10.6. The molecule has 0 bridgehead atoms. The molecule has 0 aromatic rings. The minimum Gasteiger partial charge on any atom is -0.394 e. The Balaban J connectivity index is -0.0000000171. The summed E-state index contributed by atoms with van der Waals surface area (Å²) in [5.41, 5.74) is 0. The van der Waals surface area contributed by atoms with Crippen LogP contribution in [0.5, 0.6) is 0 Å². The fraction of sp³-hybridized carbons (Fsp3) is 1.00. The van der Waals surface area contributed by atoms with E-state index in [1.807, 2.05) is 0 Å². The van der Waals surface area contributed by atoms with E-state index in [2.05, 4.69) is 0 Å². The van der Waals surface area contributed by atoms with E-state index in [0.717, 1.165) is 0 Å². The average Bonchev–Trinajstić information content (AvgIpc) is 1.25. The molecule has 0 aliphatic rings. The van der Waals surface area contributed by atoms with Crippen LogP contribution in [0.15, 0.2) is 0 Å². The summed E-state index contributed by atoms with van der Waals surface area (Å²) in [5.74, 6) is 0. The van der Waals surface area contributed by atoms with Crippen LogP contribution in [-0.4, -0.2) is 22.4 Å². The zero-order chi connectivity index (χ0) is 7.15. The molecule has 0 fully saturated rings. The van der Waals surface area contributed by atoms with Gasteiger partial charge in [0.05, 0.1) is 0 Å². The van der Waals surface area contributed by atoms with E-state index in [0.29, 0.717) is 0 Å². The van der Waals surface area contributed by atoms with E-state index < -0.39 is 0 Å². The molecule has 0 heterocycles. The van der Waals surface area contributed by atoms with Crippen LogP contribution in [0.3, 0.4) is 0 Å². The summed E-state index contributed by atoms with van der Waals surface area (Å²) in [6.45, 7) is 6.89. The smallest absolute Gasteiger partial charge is 0.0483 e. The predicted molar refractivity (Wildman–Crippen MR) is 49.2 cm³/mol. The monoisotopic (exact) mass is 240 g/mol.